The summed E-state index contributed by atoms with van der Waals surface area (Å²) in [6, 6.07) is 32.9. The van der Waals surface area contributed by atoms with Crippen LogP contribution in [0.2, 0.25) is 0 Å². The Morgan fingerprint density at radius 1 is 0.684 bits per heavy atom. The Balaban J connectivity index is 1.86. The number of rotatable bonds is 11. The summed E-state index contributed by atoms with van der Waals surface area (Å²) in [4.78, 5) is 11.7. The molecule has 194 valence electrons. The third-order valence-electron chi connectivity index (χ3n) is 6.30. The maximum atomic E-state index is 11.7. The molecule has 0 aliphatic heterocycles. The predicted molar refractivity (Wildman–Crippen MR) is 166 cm³/mol. The molecule has 0 N–H and O–H groups in total. The SMILES string of the molecule is CCOC(=O)C(C)=CC=CC(C)=CC=CC(C)=CC[P+](c1ccccc1)(c1ccccc1)c1ccccc1. The topological polar surface area (TPSA) is 26.3 Å². The van der Waals surface area contributed by atoms with Gasteiger partial charge in [0.15, 0.2) is 0 Å². The molecule has 38 heavy (non-hydrogen) atoms. The zero-order valence-corrected chi connectivity index (χ0v) is 23.8. The van der Waals surface area contributed by atoms with Crippen molar-refractivity contribution >= 4 is 29.1 Å². The van der Waals surface area contributed by atoms with Gasteiger partial charge in [-0.3, -0.25) is 0 Å². The van der Waals surface area contributed by atoms with Crippen LogP contribution in [0, 0.1) is 0 Å². The molecule has 0 unspecified atom stereocenters. The molecule has 0 saturated heterocycles. The Bertz CT molecular complexity index is 1220. The highest BCUT2D eigenvalue weighted by Crippen LogP contribution is 2.55. The summed E-state index contributed by atoms with van der Waals surface area (Å²) in [5.41, 5.74) is 2.91. The smallest absolute Gasteiger partial charge is 0.333 e. The van der Waals surface area contributed by atoms with Crippen LogP contribution >= 0.6 is 7.26 Å². The minimum atomic E-state index is -1.88. The van der Waals surface area contributed by atoms with Gasteiger partial charge in [0.25, 0.3) is 0 Å². The molecule has 0 aromatic heterocycles. The highest BCUT2D eigenvalue weighted by atomic mass is 31.2. The third kappa shape index (κ3) is 7.88. The van der Waals surface area contributed by atoms with Crippen molar-refractivity contribution in [3.05, 3.63) is 150 Å². The van der Waals surface area contributed by atoms with Gasteiger partial charge in [0.2, 0.25) is 0 Å². The van der Waals surface area contributed by atoms with Crippen LogP contribution in [0.5, 0.6) is 0 Å². The Hall–Kier alpha value is -3.74. The maximum absolute atomic E-state index is 11.7. The van der Waals surface area contributed by atoms with E-state index in [4.69, 9.17) is 4.74 Å². The maximum Gasteiger partial charge on any atom is 0.333 e. The first-order valence-electron chi connectivity index (χ1n) is 13.1. The molecule has 0 saturated carbocycles. The van der Waals surface area contributed by atoms with Gasteiger partial charge in [-0.15, -0.1) is 0 Å². The van der Waals surface area contributed by atoms with Crippen molar-refractivity contribution in [1.82, 2.24) is 0 Å². The zero-order valence-electron chi connectivity index (χ0n) is 22.9. The highest BCUT2D eigenvalue weighted by molar-refractivity contribution is 7.95. The van der Waals surface area contributed by atoms with Crippen molar-refractivity contribution < 1.29 is 9.53 Å². The van der Waals surface area contributed by atoms with Crippen LogP contribution in [-0.2, 0) is 9.53 Å². The fourth-order valence-electron chi connectivity index (χ4n) is 4.22. The summed E-state index contributed by atoms with van der Waals surface area (Å²) in [7, 11) is -1.88. The van der Waals surface area contributed by atoms with Gasteiger partial charge in [-0.05, 0) is 70.2 Å². The number of carbonyl (C=O) groups is 1. The quantitative estimate of drug-likeness (QED) is 0.113. The molecular weight excluding hydrogens is 483 g/mol. The van der Waals surface area contributed by atoms with E-state index in [1.807, 2.05) is 26.0 Å². The molecule has 0 radical (unpaired) electrons. The lowest BCUT2D eigenvalue weighted by Crippen LogP contribution is -2.33. The Labute approximate surface area is 229 Å². The van der Waals surface area contributed by atoms with Gasteiger partial charge in [-0.2, -0.15) is 0 Å². The predicted octanol–water partition coefficient (Wildman–Crippen LogP) is 7.49. The van der Waals surface area contributed by atoms with E-state index in [0.29, 0.717) is 12.2 Å². The molecule has 0 aliphatic carbocycles. The van der Waals surface area contributed by atoms with E-state index >= 15 is 0 Å². The second-order valence-electron chi connectivity index (χ2n) is 9.15. The van der Waals surface area contributed by atoms with E-state index in [0.717, 1.165) is 11.7 Å². The minimum Gasteiger partial charge on any atom is -0.463 e. The molecule has 0 fully saturated rings. The number of esters is 1. The van der Waals surface area contributed by atoms with Gasteiger partial charge in [0.1, 0.15) is 23.2 Å². The van der Waals surface area contributed by atoms with Crippen LogP contribution in [-0.4, -0.2) is 18.7 Å². The molecule has 0 spiro atoms. The minimum absolute atomic E-state index is 0.278. The van der Waals surface area contributed by atoms with E-state index in [-0.39, 0.29) is 5.97 Å². The second kappa shape index (κ2) is 14.9. The van der Waals surface area contributed by atoms with Crippen LogP contribution in [0.3, 0.4) is 0 Å². The van der Waals surface area contributed by atoms with Crippen molar-refractivity contribution in [2.24, 2.45) is 0 Å². The molecule has 3 aromatic rings. The largest absolute Gasteiger partial charge is 0.463 e. The van der Waals surface area contributed by atoms with Crippen LogP contribution in [0.25, 0.3) is 0 Å². The van der Waals surface area contributed by atoms with E-state index in [2.05, 4.69) is 122 Å². The van der Waals surface area contributed by atoms with Gasteiger partial charge in [-0.1, -0.05) is 102 Å². The van der Waals surface area contributed by atoms with Gasteiger partial charge in [0, 0.05) is 5.57 Å². The number of benzene rings is 3. The number of hydrogen-bond donors (Lipinski definition) is 0. The molecular formula is C35H38O2P+. The van der Waals surface area contributed by atoms with Crippen LogP contribution in [0.15, 0.2) is 150 Å². The van der Waals surface area contributed by atoms with Crippen molar-refractivity contribution in [3.63, 3.8) is 0 Å². The van der Waals surface area contributed by atoms with Gasteiger partial charge < -0.3 is 4.74 Å². The number of carbonyl (C=O) groups excluding carboxylic acids is 1. The van der Waals surface area contributed by atoms with E-state index in [1.54, 1.807) is 13.0 Å². The third-order valence-corrected chi connectivity index (χ3v) is 10.6. The van der Waals surface area contributed by atoms with Crippen LogP contribution < -0.4 is 15.9 Å². The molecule has 2 nitrogen and oxygen atoms in total. The van der Waals surface area contributed by atoms with Crippen molar-refractivity contribution in [3.8, 4) is 0 Å². The van der Waals surface area contributed by atoms with Crippen molar-refractivity contribution in [2.75, 3.05) is 12.8 Å². The molecule has 0 aliphatic rings. The Kier molecular flexibility index (Phi) is 11.3. The number of allylic oxidation sites excluding steroid dienone is 9. The molecule has 0 amide bonds. The monoisotopic (exact) mass is 521 g/mol. The summed E-state index contributed by atoms with van der Waals surface area (Å²) in [6.45, 7) is 8.16. The number of hydrogen-bond acceptors (Lipinski definition) is 2. The standard InChI is InChI=1S/C35H38O2P/c1-5-37-35(36)31(4)20-16-19-29(2)17-15-18-30(3)27-28-38(32-21-9-6-10-22-32,33-23-11-7-12-24-33)34-25-13-8-14-26-34/h6-27H,5,28H2,1-4H3/q+1. The molecule has 0 atom stereocenters. The average molecular weight is 522 g/mol. The zero-order chi connectivity index (χ0) is 27.2. The lowest BCUT2D eigenvalue weighted by atomic mass is 10.2. The van der Waals surface area contributed by atoms with Crippen molar-refractivity contribution in [2.45, 2.75) is 27.7 Å². The summed E-state index contributed by atoms with van der Waals surface area (Å²) >= 11 is 0. The summed E-state index contributed by atoms with van der Waals surface area (Å²) in [5.74, 6) is -0.278. The van der Waals surface area contributed by atoms with E-state index in [9.17, 15) is 4.79 Å². The molecule has 3 rings (SSSR count). The normalized spacial score (nSPS) is 13.3. The Morgan fingerprint density at radius 2 is 1.13 bits per heavy atom. The first-order valence-corrected chi connectivity index (χ1v) is 15.0. The fourth-order valence-corrected chi connectivity index (χ4v) is 8.36. The average Bonchev–Trinajstić information content (AvgIpc) is 2.95. The van der Waals surface area contributed by atoms with Gasteiger partial charge in [0.05, 0.1) is 12.8 Å². The van der Waals surface area contributed by atoms with Crippen LogP contribution in [0.1, 0.15) is 27.7 Å². The Morgan fingerprint density at radius 3 is 1.61 bits per heavy atom. The first-order chi connectivity index (χ1) is 18.5. The summed E-state index contributed by atoms with van der Waals surface area (Å²) in [6.07, 6.45) is 15.3. The second-order valence-corrected chi connectivity index (χ2v) is 12.7. The highest BCUT2D eigenvalue weighted by Gasteiger charge is 2.44. The summed E-state index contributed by atoms with van der Waals surface area (Å²) < 4.78 is 5.01. The van der Waals surface area contributed by atoms with E-state index < -0.39 is 7.26 Å². The first kappa shape index (κ1) is 28.8. The molecule has 3 aromatic carbocycles. The molecule has 0 bridgehead atoms. The van der Waals surface area contributed by atoms with E-state index in [1.165, 1.54) is 21.5 Å². The van der Waals surface area contributed by atoms with Crippen LogP contribution in [0.4, 0.5) is 0 Å². The summed E-state index contributed by atoms with van der Waals surface area (Å²) in [5, 5.41) is 4.16. The van der Waals surface area contributed by atoms with Crippen molar-refractivity contribution in [1.29, 1.82) is 0 Å². The molecule has 3 heteroatoms. The lowest BCUT2D eigenvalue weighted by Gasteiger charge is -2.26. The fraction of sp³-hybridized carbons (Fsp3) is 0.171. The molecule has 0 heterocycles. The number of ether oxygens (including phenoxy) is 1. The van der Waals surface area contributed by atoms with Gasteiger partial charge >= 0.3 is 5.97 Å². The van der Waals surface area contributed by atoms with Gasteiger partial charge in [-0.25, -0.2) is 4.79 Å². The lowest BCUT2D eigenvalue weighted by molar-refractivity contribution is -0.138.